The average molecular weight is 189 g/mol. The maximum absolute atomic E-state index is 5.87. The Morgan fingerprint density at radius 1 is 0.833 bits per heavy atom. The standard InChI is InChI=1S/C10H22OP/c1-7-9(3)12(5,6)10(4)8(2)11-7/h7-10H,1-6H3/q+1. The molecule has 1 rings (SSSR count). The van der Waals surface area contributed by atoms with E-state index in [9.17, 15) is 0 Å². The predicted molar refractivity (Wildman–Crippen MR) is 57.7 cm³/mol. The van der Waals surface area contributed by atoms with Crippen LogP contribution in [-0.4, -0.2) is 36.9 Å². The lowest BCUT2D eigenvalue weighted by atomic mass is 10.2. The van der Waals surface area contributed by atoms with E-state index in [0.717, 1.165) is 11.3 Å². The summed E-state index contributed by atoms with van der Waals surface area (Å²) in [5.41, 5.74) is 1.53. The zero-order valence-corrected chi connectivity index (χ0v) is 10.1. The van der Waals surface area contributed by atoms with Gasteiger partial charge in [-0.25, -0.2) is 0 Å². The van der Waals surface area contributed by atoms with Gasteiger partial charge in [-0.05, 0) is 27.7 Å². The highest BCUT2D eigenvalue weighted by atomic mass is 31.2. The van der Waals surface area contributed by atoms with Crippen LogP contribution in [0.3, 0.4) is 0 Å². The summed E-state index contributed by atoms with van der Waals surface area (Å²) < 4.78 is 5.87. The molecule has 12 heavy (non-hydrogen) atoms. The summed E-state index contributed by atoms with van der Waals surface area (Å²) in [6, 6.07) is 0. The molecule has 0 N–H and O–H groups in total. The number of hydrogen-bond donors (Lipinski definition) is 0. The fourth-order valence-corrected chi connectivity index (χ4v) is 5.07. The second-order valence-corrected chi connectivity index (χ2v) is 9.54. The minimum atomic E-state index is -0.756. The number of ether oxygens (including phenoxy) is 1. The molecule has 0 saturated carbocycles. The smallest absolute Gasteiger partial charge is 0.0926 e. The topological polar surface area (TPSA) is 9.23 Å². The molecule has 1 nitrogen and oxygen atoms in total. The van der Waals surface area contributed by atoms with E-state index >= 15 is 0 Å². The number of hydrogen-bond acceptors (Lipinski definition) is 1. The molecule has 0 amide bonds. The van der Waals surface area contributed by atoms with Crippen molar-refractivity contribution in [3.63, 3.8) is 0 Å². The third-order valence-electron chi connectivity index (χ3n) is 3.89. The highest BCUT2D eigenvalue weighted by Crippen LogP contribution is 2.65. The van der Waals surface area contributed by atoms with Gasteiger partial charge >= 0.3 is 0 Å². The molecule has 2 heteroatoms. The molecule has 1 fully saturated rings. The molecule has 1 aliphatic heterocycles. The molecule has 0 aliphatic carbocycles. The van der Waals surface area contributed by atoms with Crippen molar-refractivity contribution < 1.29 is 4.74 Å². The van der Waals surface area contributed by atoms with E-state index in [1.165, 1.54) is 0 Å². The third kappa shape index (κ3) is 1.54. The molecular weight excluding hydrogens is 167 g/mol. The summed E-state index contributed by atoms with van der Waals surface area (Å²) in [5.74, 6) is 0. The van der Waals surface area contributed by atoms with E-state index in [1.54, 1.807) is 0 Å². The largest absolute Gasteiger partial charge is 0.367 e. The van der Waals surface area contributed by atoms with Crippen molar-refractivity contribution in [3.8, 4) is 0 Å². The van der Waals surface area contributed by atoms with Crippen LogP contribution in [0.5, 0.6) is 0 Å². The summed E-state index contributed by atoms with van der Waals surface area (Å²) in [5, 5.41) is 0. The van der Waals surface area contributed by atoms with E-state index in [2.05, 4.69) is 41.0 Å². The van der Waals surface area contributed by atoms with Crippen molar-refractivity contribution >= 4 is 7.26 Å². The quantitative estimate of drug-likeness (QED) is 0.532. The highest BCUT2D eigenvalue weighted by Gasteiger charge is 2.49. The van der Waals surface area contributed by atoms with Crippen molar-refractivity contribution in [2.24, 2.45) is 0 Å². The van der Waals surface area contributed by atoms with Gasteiger partial charge in [0.05, 0.1) is 23.5 Å². The second kappa shape index (κ2) is 3.27. The molecule has 0 spiro atoms. The highest BCUT2D eigenvalue weighted by molar-refractivity contribution is 7.75. The third-order valence-corrected chi connectivity index (χ3v) is 8.93. The van der Waals surface area contributed by atoms with Crippen molar-refractivity contribution in [3.05, 3.63) is 0 Å². The first-order valence-corrected chi connectivity index (χ1v) is 7.68. The van der Waals surface area contributed by atoms with Gasteiger partial charge in [-0.1, -0.05) is 0 Å². The first kappa shape index (κ1) is 10.5. The first-order valence-electron chi connectivity index (χ1n) is 4.86. The van der Waals surface area contributed by atoms with Crippen LogP contribution in [0.2, 0.25) is 0 Å². The minimum Gasteiger partial charge on any atom is -0.367 e. The summed E-state index contributed by atoms with van der Waals surface area (Å²) in [4.78, 5) is 0. The van der Waals surface area contributed by atoms with Crippen molar-refractivity contribution in [1.82, 2.24) is 0 Å². The molecule has 0 bridgehead atoms. The lowest BCUT2D eigenvalue weighted by molar-refractivity contribution is -0.00200. The summed E-state index contributed by atoms with van der Waals surface area (Å²) >= 11 is 0. The van der Waals surface area contributed by atoms with Gasteiger partial charge in [0.25, 0.3) is 0 Å². The Morgan fingerprint density at radius 2 is 1.17 bits per heavy atom. The van der Waals surface area contributed by atoms with Gasteiger partial charge in [0.15, 0.2) is 0 Å². The van der Waals surface area contributed by atoms with Gasteiger partial charge < -0.3 is 4.74 Å². The molecule has 0 radical (unpaired) electrons. The maximum atomic E-state index is 5.87. The van der Waals surface area contributed by atoms with Gasteiger partial charge in [-0.3, -0.25) is 0 Å². The van der Waals surface area contributed by atoms with Crippen LogP contribution in [0.25, 0.3) is 0 Å². The summed E-state index contributed by atoms with van der Waals surface area (Å²) in [7, 11) is -0.756. The Hall–Kier alpha value is 0.390. The van der Waals surface area contributed by atoms with Crippen molar-refractivity contribution in [2.45, 2.75) is 51.2 Å². The SMILES string of the molecule is CC1OC(C)C(C)[P+](C)(C)C1C. The van der Waals surface area contributed by atoms with Gasteiger partial charge in [0.1, 0.15) is 0 Å². The summed E-state index contributed by atoms with van der Waals surface area (Å²) in [6.07, 6.45) is 0.916. The van der Waals surface area contributed by atoms with Gasteiger partial charge in [-0.2, -0.15) is 0 Å². The Kier molecular flexibility index (Phi) is 2.85. The van der Waals surface area contributed by atoms with E-state index in [1.807, 2.05) is 0 Å². The van der Waals surface area contributed by atoms with Crippen LogP contribution >= 0.6 is 7.26 Å². The molecule has 4 unspecified atom stereocenters. The van der Waals surface area contributed by atoms with Crippen LogP contribution in [-0.2, 0) is 4.74 Å². The monoisotopic (exact) mass is 189 g/mol. The number of rotatable bonds is 0. The zero-order valence-electron chi connectivity index (χ0n) is 9.16. The van der Waals surface area contributed by atoms with Crippen molar-refractivity contribution in [1.29, 1.82) is 0 Å². The Balaban J connectivity index is 2.82. The molecule has 1 saturated heterocycles. The van der Waals surface area contributed by atoms with Crippen LogP contribution < -0.4 is 0 Å². The van der Waals surface area contributed by atoms with E-state index in [4.69, 9.17) is 4.74 Å². The second-order valence-electron chi connectivity index (χ2n) is 4.66. The normalized spacial score (nSPS) is 47.5. The van der Waals surface area contributed by atoms with Crippen LogP contribution in [0, 0.1) is 0 Å². The minimum absolute atomic E-state index is 0.458. The van der Waals surface area contributed by atoms with Crippen LogP contribution in [0.15, 0.2) is 0 Å². The molecule has 0 aromatic heterocycles. The molecule has 1 aliphatic rings. The van der Waals surface area contributed by atoms with Gasteiger partial charge in [0, 0.05) is 20.6 Å². The first-order chi connectivity index (χ1) is 5.37. The maximum Gasteiger partial charge on any atom is 0.0926 e. The van der Waals surface area contributed by atoms with Crippen molar-refractivity contribution in [2.75, 3.05) is 13.3 Å². The lowest BCUT2D eigenvalue weighted by Gasteiger charge is -2.43. The fraction of sp³-hybridized carbons (Fsp3) is 1.00. The predicted octanol–water partition coefficient (Wildman–Crippen LogP) is 2.85. The van der Waals surface area contributed by atoms with E-state index < -0.39 is 7.26 Å². The van der Waals surface area contributed by atoms with Gasteiger partial charge in [-0.15, -0.1) is 0 Å². The molecule has 0 aromatic carbocycles. The molecule has 0 aromatic rings. The Bertz CT molecular complexity index is 151. The van der Waals surface area contributed by atoms with Crippen LogP contribution in [0.4, 0.5) is 0 Å². The molecule has 4 atom stereocenters. The fourth-order valence-electron chi connectivity index (χ4n) is 2.02. The Labute approximate surface area is 77.2 Å². The molecule has 1 heterocycles. The zero-order chi connectivity index (χ0) is 9.52. The van der Waals surface area contributed by atoms with Gasteiger partial charge in [0.2, 0.25) is 0 Å². The molecular formula is C10H22OP+. The van der Waals surface area contributed by atoms with E-state index in [-0.39, 0.29) is 0 Å². The van der Waals surface area contributed by atoms with E-state index in [0.29, 0.717) is 12.2 Å². The lowest BCUT2D eigenvalue weighted by Crippen LogP contribution is -2.43. The Morgan fingerprint density at radius 3 is 1.50 bits per heavy atom. The molecule has 72 valence electrons. The average Bonchev–Trinajstić information content (AvgIpc) is 1.99. The van der Waals surface area contributed by atoms with Crippen LogP contribution in [0.1, 0.15) is 27.7 Å². The summed E-state index contributed by atoms with van der Waals surface area (Å²) in [6.45, 7) is 14.1.